The van der Waals surface area contributed by atoms with E-state index in [4.69, 9.17) is 5.11 Å². The summed E-state index contributed by atoms with van der Waals surface area (Å²) in [4.78, 5) is 26.0. The van der Waals surface area contributed by atoms with Gasteiger partial charge in [-0.15, -0.1) is 0 Å². The van der Waals surface area contributed by atoms with E-state index >= 15 is 0 Å². The van der Waals surface area contributed by atoms with Crippen molar-refractivity contribution in [2.24, 2.45) is 0 Å². The zero-order valence-corrected chi connectivity index (χ0v) is 11.8. The molecule has 0 spiro atoms. The maximum Gasteiger partial charge on any atom is 0.325 e. The standard InChI is InChI=1S/C14H18FN3O3/c1-10(13(19)20)16-14(21)18-8-6-17(7-9-18)12-5-3-2-4-11(12)15/h2-5,10H,6-9H2,1H3,(H,16,21)(H,19,20)/t10-/m1/s1. The number of carboxylic acids is 1. The van der Waals surface area contributed by atoms with Gasteiger partial charge in [0.2, 0.25) is 0 Å². The van der Waals surface area contributed by atoms with E-state index < -0.39 is 18.0 Å². The Bertz CT molecular complexity index is 530. The molecule has 6 nitrogen and oxygen atoms in total. The summed E-state index contributed by atoms with van der Waals surface area (Å²) >= 11 is 0. The number of anilines is 1. The maximum atomic E-state index is 13.7. The highest BCUT2D eigenvalue weighted by atomic mass is 19.1. The number of piperazine rings is 1. The molecular weight excluding hydrogens is 277 g/mol. The monoisotopic (exact) mass is 295 g/mol. The van der Waals surface area contributed by atoms with Gasteiger partial charge >= 0.3 is 12.0 Å². The smallest absolute Gasteiger partial charge is 0.325 e. The molecular formula is C14H18FN3O3. The molecule has 21 heavy (non-hydrogen) atoms. The average molecular weight is 295 g/mol. The van der Waals surface area contributed by atoms with Crippen LogP contribution in [-0.4, -0.2) is 54.2 Å². The van der Waals surface area contributed by atoms with Crippen LogP contribution in [0.25, 0.3) is 0 Å². The van der Waals surface area contributed by atoms with E-state index in [1.54, 1.807) is 18.2 Å². The first-order valence-corrected chi connectivity index (χ1v) is 6.77. The largest absolute Gasteiger partial charge is 0.480 e. The number of hydrogen-bond acceptors (Lipinski definition) is 3. The maximum absolute atomic E-state index is 13.7. The van der Waals surface area contributed by atoms with Crippen molar-refractivity contribution in [2.75, 3.05) is 31.1 Å². The molecule has 1 heterocycles. The van der Waals surface area contributed by atoms with E-state index in [9.17, 15) is 14.0 Å². The van der Waals surface area contributed by atoms with Crippen LogP contribution in [-0.2, 0) is 4.79 Å². The normalized spacial score (nSPS) is 16.5. The van der Waals surface area contributed by atoms with Crippen molar-refractivity contribution < 1.29 is 19.1 Å². The summed E-state index contributed by atoms with van der Waals surface area (Å²) in [5.41, 5.74) is 0.525. The quantitative estimate of drug-likeness (QED) is 0.877. The van der Waals surface area contributed by atoms with E-state index in [2.05, 4.69) is 5.32 Å². The van der Waals surface area contributed by atoms with Gasteiger partial charge in [0.25, 0.3) is 0 Å². The third-order valence-corrected chi connectivity index (χ3v) is 3.47. The van der Waals surface area contributed by atoms with Crippen molar-refractivity contribution in [3.63, 3.8) is 0 Å². The Kier molecular flexibility index (Phi) is 4.62. The molecule has 1 fully saturated rings. The second-order valence-electron chi connectivity index (χ2n) is 4.93. The summed E-state index contributed by atoms with van der Waals surface area (Å²) in [6.45, 7) is 3.28. The molecule has 0 bridgehead atoms. The Morgan fingerprint density at radius 2 is 1.86 bits per heavy atom. The molecule has 1 aliphatic heterocycles. The summed E-state index contributed by atoms with van der Waals surface area (Å²) in [5.74, 6) is -1.36. The van der Waals surface area contributed by atoms with Gasteiger partial charge in [0.05, 0.1) is 5.69 Å². The molecule has 0 saturated carbocycles. The van der Waals surface area contributed by atoms with Crippen molar-refractivity contribution >= 4 is 17.7 Å². The number of carboxylic acid groups (broad SMARTS) is 1. The number of amides is 2. The van der Waals surface area contributed by atoms with Gasteiger partial charge in [-0.1, -0.05) is 12.1 Å². The predicted octanol–water partition coefficient (Wildman–Crippen LogP) is 1.13. The first-order valence-electron chi connectivity index (χ1n) is 6.77. The lowest BCUT2D eigenvalue weighted by molar-refractivity contribution is -0.138. The molecule has 7 heteroatoms. The molecule has 0 aliphatic carbocycles. The second kappa shape index (κ2) is 6.43. The lowest BCUT2D eigenvalue weighted by atomic mass is 10.2. The summed E-state index contributed by atoms with van der Waals surface area (Å²) in [7, 11) is 0. The summed E-state index contributed by atoms with van der Waals surface area (Å²) in [6, 6.07) is 5.18. The first kappa shape index (κ1) is 15.1. The van der Waals surface area contributed by atoms with Gasteiger partial charge in [-0.3, -0.25) is 4.79 Å². The van der Waals surface area contributed by atoms with Crippen LogP contribution in [0, 0.1) is 5.82 Å². The number of halogens is 1. The number of nitrogens with zero attached hydrogens (tertiary/aromatic N) is 2. The number of benzene rings is 1. The van der Waals surface area contributed by atoms with Gasteiger partial charge < -0.3 is 20.2 Å². The van der Waals surface area contributed by atoms with Gasteiger partial charge in [0.15, 0.2) is 0 Å². The van der Waals surface area contributed by atoms with Gasteiger partial charge in [-0.2, -0.15) is 0 Å². The number of nitrogens with one attached hydrogen (secondary N) is 1. The fourth-order valence-electron chi connectivity index (χ4n) is 2.20. The number of aliphatic carboxylic acids is 1. The topological polar surface area (TPSA) is 72.9 Å². The van der Waals surface area contributed by atoms with Gasteiger partial charge in [0.1, 0.15) is 11.9 Å². The molecule has 2 amide bonds. The zero-order valence-electron chi connectivity index (χ0n) is 11.8. The predicted molar refractivity (Wildman–Crippen MR) is 75.8 cm³/mol. The molecule has 1 aliphatic rings. The Morgan fingerprint density at radius 1 is 1.24 bits per heavy atom. The Labute approximate surface area is 122 Å². The van der Waals surface area contributed by atoms with Gasteiger partial charge in [-0.25, -0.2) is 9.18 Å². The summed E-state index contributed by atoms with van der Waals surface area (Å²) < 4.78 is 13.7. The summed E-state index contributed by atoms with van der Waals surface area (Å²) in [5, 5.41) is 11.2. The van der Waals surface area contributed by atoms with Crippen molar-refractivity contribution in [3.05, 3.63) is 30.1 Å². The zero-order chi connectivity index (χ0) is 15.4. The summed E-state index contributed by atoms with van der Waals surface area (Å²) in [6.07, 6.45) is 0. The highest BCUT2D eigenvalue weighted by molar-refractivity contribution is 5.82. The van der Waals surface area contributed by atoms with Crippen molar-refractivity contribution in [3.8, 4) is 0 Å². The lowest BCUT2D eigenvalue weighted by Gasteiger charge is -2.36. The molecule has 2 N–H and O–H groups in total. The third-order valence-electron chi connectivity index (χ3n) is 3.47. The minimum atomic E-state index is -1.08. The molecule has 0 unspecified atom stereocenters. The van der Waals surface area contributed by atoms with Crippen molar-refractivity contribution in [1.29, 1.82) is 0 Å². The minimum Gasteiger partial charge on any atom is -0.480 e. The van der Waals surface area contributed by atoms with Gasteiger partial charge in [-0.05, 0) is 19.1 Å². The van der Waals surface area contributed by atoms with Crippen LogP contribution in [0.2, 0.25) is 0 Å². The van der Waals surface area contributed by atoms with Gasteiger partial charge in [0, 0.05) is 26.2 Å². The van der Waals surface area contributed by atoms with Crippen LogP contribution in [0.15, 0.2) is 24.3 Å². The van der Waals surface area contributed by atoms with E-state index in [0.717, 1.165) is 0 Å². The number of rotatable bonds is 3. The molecule has 1 aromatic carbocycles. The van der Waals surface area contributed by atoms with Crippen LogP contribution in [0.5, 0.6) is 0 Å². The first-order chi connectivity index (χ1) is 9.99. The van der Waals surface area contributed by atoms with E-state index in [0.29, 0.717) is 31.9 Å². The molecule has 0 radical (unpaired) electrons. The van der Waals surface area contributed by atoms with E-state index in [1.165, 1.54) is 17.9 Å². The minimum absolute atomic E-state index is 0.282. The highest BCUT2D eigenvalue weighted by Crippen LogP contribution is 2.20. The van der Waals surface area contributed by atoms with Crippen molar-refractivity contribution in [2.45, 2.75) is 13.0 Å². The SMILES string of the molecule is C[C@@H](NC(=O)N1CCN(c2ccccc2F)CC1)C(=O)O. The Hall–Kier alpha value is -2.31. The third kappa shape index (κ3) is 3.62. The fourth-order valence-corrected chi connectivity index (χ4v) is 2.20. The molecule has 1 atom stereocenters. The number of hydrogen-bond donors (Lipinski definition) is 2. The fraction of sp³-hybridized carbons (Fsp3) is 0.429. The molecule has 2 rings (SSSR count). The average Bonchev–Trinajstić information content (AvgIpc) is 2.47. The van der Waals surface area contributed by atoms with Crippen LogP contribution in [0.4, 0.5) is 14.9 Å². The molecule has 1 aromatic rings. The van der Waals surface area contributed by atoms with E-state index in [1.807, 2.05) is 4.90 Å². The van der Waals surface area contributed by atoms with Crippen LogP contribution in [0.3, 0.4) is 0 Å². The van der Waals surface area contributed by atoms with Crippen LogP contribution in [0.1, 0.15) is 6.92 Å². The molecule has 1 saturated heterocycles. The van der Waals surface area contributed by atoms with Crippen LogP contribution < -0.4 is 10.2 Å². The number of carbonyl (C=O) groups is 2. The lowest BCUT2D eigenvalue weighted by Crippen LogP contribution is -2.54. The number of urea groups is 1. The molecule has 0 aromatic heterocycles. The number of carbonyl (C=O) groups excluding carboxylic acids is 1. The highest BCUT2D eigenvalue weighted by Gasteiger charge is 2.24. The second-order valence-corrected chi connectivity index (χ2v) is 4.93. The number of para-hydroxylation sites is 1. The Balaban J connectivity index is 1.90. The van der Waals surface area contributed by atoms with Crippen LogP contribution >= 0.6 is 0 Å². The van der Waals surface area contributed by atoms with Crippen molar-refractivity contribution in [1.82, 2.24) is 10.2 Å². The van der Waals surface area contributed by atoms with E-state index in [-0.39, 0.29) is 5.82 Å². The molecule has 114 valence electrons. The Morgan fingerprint density at radius 3 is 2.43 bits per heavy atom.